The predicted octanol–water partition coefficient (Wildman–Crippen LogP) is 2.36. The van der Waals surface area contributed by atoms with Crippen LogP contribution < -0.4 is 10.1 Å². The molecule has 1 unspecified atom stereocenters. The zero-order valence-corrected chi connectivity index (χ0v) is 15.5. The Morgan fingerprint density at radius 1 is 1.16 bits per heavy atom. The van der Waals surface area contributed by atoms with E-state index < -0.39 is 0 Å². The van der Waals surface area contributed by atoms with Gasteiger partial charge in [0.2, 0.25) is 11.8 Å². The van der Waals surface area contributed by atoms with E-state index in [1.807, 2.05) is 18.9 Å². The fraction of sp³-hybridized carbons (Fsp3) is 0.579. The van der Waals surface area contributed by atoms with Crippen molar-refractivity contribution in [3.8, 4) is 5.75 Å². The van der Waals surface area contributed by atoms with E-state index >= 15 is 0 Å². The highest BCUT2D eigenvalue weighted by Gasteiger charge is 2.25. The Bertz CT molecular complexity index is 566. The van der Waals surface area contributed by atoms with Gasteiger partial charge in [-0.15, -0.1) is 0 Å². The van der Waals surface area contributed by atoms with Crippen LogP contribution >= 0.6 is 0 Å². The van der Waals surface area contributed by atoms with E-state index in [1.54, 1.807) is 36.3 Å². The first-order chi connectivity index (χ1) is 12.0. The molecule has 1 aliphatic rings. The van der Waals surface area contributed by atoms with Crippen molar-refractivity contribution in [3.05, 3.63) is 24.3 Å². The summed E-state index contributed by atoms with van der Waals surface area (Å²) in [6.45, 7) is 3.70. The number of nitrogens with zero attached hydrogens (tertiary/aromatic N) is 2. The van der Waals surface area contributed by atoms with Crippen LogP contribution in [0.2, 0.25) is 0 Å². The van der Waals surface area contributed by atoms with Crippen molar-refractivity contribution >= 4 is 17.5 Å². The first-order valence-electron chi connectivity index (χ1n) is 8.94. The zero-order chi connectivity index (χ0) is 18.2. The zero-order valence-electron chi connectivity index (χ0n) is 15.5. The smallest absolute Gasteiger partial charge is 0.239 e. The van der Waals surface area contributed by atoms with Gasteiger partial charge in [-0.25, -0.2) is 0 Å². The highest BCUT2D eigenvalue weighted by atomic mass is 16.5. The molecule has 6 heteroatoms. The molecule has 1 heterocycles. The van der Waals surface area contributed by atoms with Crippen molar-refractivity contribution in [2.75, 3.05) is 39.1 Å². The Hall–Kier alpha value is -2.08. The van der Waals surface area contributed by atoms with Crippen molar-refractivity contribution in [1.29, 1.82) is 0 Å². The second-order valence-corrected chi connectivity index (χ2v) is 6.61. The first-order valence-corrected chi connectivity index (χ1v) is 8.94. The molecule has 1 aliphatic heterocycles. The highest BCUT2D eigenvalue weighted by molar-refractivity contribution is 5.92. The average Bonchev–Trinajstić information content (AvgIpc) is 2.90. The minimum absolute atomic E-state index is 0.113. The van der Waals surface area contributed by atoms with Gasteiger partial charge in [-0.05, 0) is 51.1 Å². The van der Waals surface area contributed by atoms with E-state index in [-0.39, 0.29) is 24.4 Å². The summed E-state index contributed by atoms with van der Waals surface area (Å²) in [6.07, 6.45) is 4.52. The second kappa shape index (κ2) is 9.42. The lowest BCUT2D eigenvalue weighted by Gasteiger charge is -2.29. The molecule has 2 rings (SSSR count). The van der Waals surface area contributed by atoms with Crippen LogP contribution in [0.25, 0.3) is 0 Å². The molecule has 0 bridgehead atoms. The largest absolute Gasteiger partial charge is 0.497 e. The molecule has 6 nitrogen and oxygen atoms in total. The molecule has 138 valence electrons. The Balaban J connectivity index is 1.85. The molecule has 1 aromatic rings. The molecule has 0 saturated carbocycles. The van der Waals surface area contributed by atoms with Crippen LogP contribution in [0.3, 0.4) is 0 Å². The average molecular weight is 347 g/mol. The normalized spacial score (nSPS) is 16.2. The molecule has 2 amide bonds. The number of hydrogen-bond donors (Lipinski definition) is 1. The molecule has 1 N–H and O–H groups in total. The van der Waals surface area contributed by atoms with Gasteiger partial charge < -0.3 is 15.0 Å². The lowest BCUT2D eigenvalue weighted by atomic mass is 10.2. The van der Waals surface area contributed by atoms with Crippen LogP contribution in [0, 0.1) is 0 Å². The Morgan fingerprint density at radius 3 is 2.32 bits per heavy atom. The van der Waals surface area contributed by atoms with E-state index in [0.29, 0.717) is 5.69 Å². The summed E-state index contributed by atoms with van der Waals surface area (Å²) in [4.78, 5) is 28.6. The number of ether oxygens (including phenoxy) is 1. The van der Waals surface area contributed by atoms with Crippen LogP contribution in [0.4, 0.5) is 5.69 Å². The molecule has 1 aromatic carbocycles. The number of likely N-dealkylation sites (N-methyl/N-ethyl adjacent to an activating group) is 1. The van der Waals surface area contributed by atoms with Gasteiger partial charge in [0, 0.05) is 18.8 Å². The summed E-state index contributed by atoms with van der Waals surface area (Å²) >= 11 is 0. The molecular formula is C19H29N3O3. The van der Waals surface area contributed by atoms with Crippen molar-refractivity contribution in [2.45, 2.75) is 38.6 Å². The molecule has 1 fully saturated rings. The summed E-state index contributed by atoms with van der Waals surface area (Å²) < 4.78 is 5.10. The van der Waals surface area contributed by atoms with Crippen molar-refractivity contribution in [2.24, 2.45) is 0 Å². The van der Waals surface area contributed by atoms with Crippen molar-refractivity contribution in [3.63, 3.8) is 0 Å². The first kappa shape index (κ1) is 19.2. The predicted molar refractivity (Wildman–Crippen MR) is 98.8 cm³/mol. The summed E-state index contributed by atoms with van der Waals surface area (Å²) in [7, 11) is 3.42. The van der Waals surface area contributed by atoms with Crippen LogP contribution in [-0.2, 0) is 9.59 Å². The molecule has 0 radical (unpaired) electrons. The molecular weight excluding hydrogens is 318 g/mol. The minimum atomic E-state index is -0.306. The summed E-state index contributed by atoms with van der Waals surface area (Å²) in [5.41, 5.74) is 0.714. The monoisotopic (exact) mass is 347 g/mol. The Kier molecular flexibility index (Phi) is 7.25. The molecule has 25 heavy (non-hydrogen) atoms. The Morgan fingerprint density at radius 2 is 1.76 bits per heavy atom. The third-order valence-corrected chi connectivity index (χ3v) is 4.70. The molecule has 0 aliphatic carbocycles. The van der Waals surface area contributed by atoms with Gasteiger partial charge in [-0.1, -0.05) is 12.8 Å². The van der Waals surface area contributed by atoms with Gasteiger partial charge in [0.05, 0.1) is 19.7 Å². The van der Waals surface area contributed by atoms with Crippen molar-refractivity contribution in [1.82, 2.24) is 9.80 Å². The highest BCUT2D eigenvalue weighted by Crippen LogP contribution is 2.15. The van der Waals surface area contributed by atoms with Crippen molar-refractivity contribution < 1.29 is 14.3 Å². The van der Waals surface area contributed by atoms with Gasteiger partial charge in [-0.3, -0.25) is 14.5 Å². The lowest BCUT2D eigenvalue weighted by Crippen LogP contribution is -2.48. The molecule has 0 aromatic heterocycles. The van der Waals surface area contributed by atoms with Gasteiger partial charge >= 0.3 is 0 Å². The van der Waals surface area contributed by atoms with E-state index in [4.69, 9.17) is 4.74 Å². The number of carbonyl (C=O) groups is 2. The summed E-state index contributed by atoms with van der Waals surface area (Å²) in [5, 5.41) is 2.85. The number of carbonyl (C=O) groups excluding carboxylic acids is 2. The summed E-state index contributed by atoms with van der Waals surface area (Å²) in [5.74, 6) is 0.719. The SMILES string of the molecule is COc1ccc(NC(=O)CN(C)C(C)C(=O)N2CCCCCC2)cc1. The van der Waals surface area contributed by atoms with Crippen LogP contribution in [-0.4, -0.2) is 61.4 Å². The standard InChI is InChI=1S/C19H29N3O3/c1-15(19(24)22-12-6-4-5-7-13-22)21(2)14-18(23)20-16-8-10-17(25-3)11-9-16/h8-11,15H,4-7,12-14H2,1-3H3,(H,20,23). The van der Waals surface area contributed by atoms with Gasteiger partial charge in [0.25, 0.3) is 0 Å². The minimum Gasteiger partial charge on any atom is -0.497 e. The fourth-order valence-corrected chi connectivity index (χ4v) is 2.98. The van der Waals surface area contributed by atoms with E-state index in [2.05, 4.69) is 5.32 Å². The van der Waals surface area contributed by atoms with E-state index in [1.165, 1.54) is 12.8 Å². The molecule has 1 saturated heterocycles. The number of likely N-dealkylation sites (tertiary alicyclic amines) is 1. The lowest BCUT2D eigenvalue weighted by molar-refractivity contribution is -0.136. The number of anilines is 1. The number of hydrogen-bond acceptors (Lipinski definition) is 4. The number of amides is 2. The fourth-order valence-electron chi connectivity index (χ4n) is 2.98. The molecule has 0 spiro atoms. The van der Waals surface area contributed by atoms with Crippen LogP contribution in [0.1, 0.15) is 32.6 Å². The Labute approximate surface area is 150 Å². The number of rotatable bonds is 6. The van der Waals surface area contributed by atoms with Gasteiger partial charge in [0.1, 0.15) is 5.75 Å². The van der Waals surface area contributed by atoms with Gasteiger partial charge in [-0.2, -0.15) is 0 Å². The topological polar surface area (TPSA) is 61.9 Å². The third-order valence-electron chi connectivity index (χ3n) is 4.70. The maximum absolute atomic E-state index is 12.6. The van der Waals surface area contributed by atoms with Crippen LogP contribution in [0.5, 0.6) is 5.75 Å². The van der Waals surface area contributed by atoms with Crippen LogP contribution in [0.15, 0.2) is 24.3 Å². The van der Waals surface area contributed by atoms with Gasteiger partial charge in [0.15, 0.2) is 0 Å². The number of benzene rings is 1. The quantitative estimate of drug-likeness (QED) is 0.858. The van der Waals surface area contributed by atoms with E-state index in [0.717, 1.165) is 31.7 Å². The number of nitrogens with one attached hydrogen (secondary N) is 1. The second-order valence-electron chi connectivity index (χ2n) is 6.61. The summed E-state index contributed by atoms with van der Waals surface area (Å²) in [6, 6.07) is 6.88. The number of methoxy groups -OCH3 is 1. The van der Waals surface area contributed by atoms with E-state index in [9.17, 15) is 9.59 Å². The maximum atomic E-state index is 12.6. The maximum Gasteiger partial charge on any atom is 0.239 e. The third kappa shape index (κ3) is 5.74. The molecule has 1 atom stereocenters.